The lowest BCUT2D eigenvalue weighted by atomic mass is 10.0. The molecule has 2 rings (SSSR count). The number of fused-ring (bicyclic) bond motifs is 1. The fourth-order valence-corrected chi connectivity index (χ4v) is 1.86. The van der Waals surface area contributed by atoms with Crippen LogP contribution in [0.15, 0.2) is 28.7 Å². The summed E-state index contributed by atoms with van der Waals surface area (Å²) >= 11 is 0. The standard InChI is InChI=1S/C15H18O2/c1-4-10(2)8-13(16)15-9-12-7-11(3)5-6-14(12)17-15/h5-7,9-10H,4,8H2,1-3H3. The van der Waals surface area contributed by atoms with E-state index >= 15 is 0 Å². The molecule has 0 aliphatic heterocycles. The van der Waals surface area contributed by atoms with Gasteiger partial charge in [-0.25, -0.2) is 0 Å². The van der Waals surface area contributed by atoms with Crippen LogP contribution in [-0.2, 0) is 0 Å². The van der Waals surface area contributed by atoms with Gasteiger partial charge in [0.05, 0.1) is 0 Å². The van der Waals surface area contributed by atoms with Gasteiger partial charge in [-0.1, -0.05) is 31.9 Å². The van der Waals surface area contributed by atoms with Gasteiger partial charge < -0.3 is 4.42 Å². The number of hydrogen-bond acceptors (Lipinski definition) is 2. The number of carbonyl (C=O) groups is 1. The number of rotatable bonds is 4. The Bertz CT molecular complexity index is 537. The number of benzene rings is 1. The van der Waals surface area contributed by atoms with Crippen molar-refractivity contribution in [1.29, 1.82) is 0 Å². The molecule has 1 aromatic carbocycles. The number of hydrogen-bond donors (Lipinski definition) is 0. The third-order valence-corrected chi connectivity index (χ3v) is 3.18. The van der Waals surface area contributed by atoms with Crippen LogP contribution in [0.25, 0.3) is 11.0 Å². The van der Waals surface area contributed by atoms with Crippen LogP contribution in [0.1, 0.15) is 42.8 Å². The van der Waals surface area contributed by atoms with Crippen LogP contribution in [0.5, 0.6) is 0 Å². The lowest BCUT2D eigenvalue weighted by Crippen LogP contribution is -2.03. The largest absolute Gasteiger partial charge is 0.453 e. The SMILES string of the molecule is CCC(C)CC(=O)c1cc2cc(C)ccc2o1. The lowest BCUT2D eigenvalue weighted by molar-refractivity contribution is 0.0938. The van der Waals surface area contributed by atoms with Crippen molar-refractivity contribution in [2.24, 2.45) is 5.92 Å². The normalized spacial score (nSPS) is 12.9. The minimum atomic E-state index is 0.105. The van der Waals surface area contributed by atoms with E-state index in [1.165, 1.54) is 5.56 Å². The zero-order valence-corrected chi connectivity index (χ0v) is 10.6. The van der Waals surface area contributed by atoms with E-state index in [2.05, 4.69) is 13.8 Å². The van der Waals surface area contributed by atoms with Crippen molar-refractivity contribution in [2.45, 2.75) is 33.6 Å². The molecule has 17 heavy (non-hydrogen) atoms. The molecule has 0 spiro atoms. The summed E-state index contributed by atoms with van der Waals surface area (Å²) in [7, 11) is 0. The van der Waals surface area contributed by atoms with Crippen molar-refractivity contribution in [3.63, 3.8) is 0 Å². The highest BCUT2D eigenvalue weighted by Crippen LogP contribution is 2.22. The van der Waals surface area contributed by atoms with Crippen LogP contribution < -0.4 is 0 Å². The fourth-order valence-electron chi connectivity index (χ4n) is 1.86. The van der Waals surface area contributed by atoms with Crippen molar-refractivity contribution in [3.8, 4) is 0 Å². The van der Waals surface area contributed by atoms with Gasteiger partial charge in [-0.05, 0) is 31.0 Å². The summed E-state index contributed by atoms with van der Waals surface area (Å²) in [5, 5.41) is 1.01. The Morgan fingerprint density at radius 1 is 1.35 bits per heavy atom. The Morgan fingerprint density at radius 2 is 2.12 bits per heavy atom. The molecule has 1 atom stereocenters. The third-order valence-electron chi connectivity index (χ3n) is 3.18. The minimum absolute atomic E-state index is 0.105. The van der Waals surface area contributed by atoms with E-state index in [0.717, 1.165) is 17.4 Å². The molecule has 0 saturated carbocycles. The van der Waals surface area contributed by atoms with Gasteiger partial charge in [0.1, 0.15) is 5.58 Å². The molecule has 1 aromatic heterocycles. The maximum absolute atomic E-state index is 12.0. The molecule has 0 bridgehead atoms. The van der Waals surface area contributed by atoms with Gasteiger partial charge >= 0.3 is 0 Å². The summed E-state index contributed by atoms with van der Waals surface area (Å²) in [4.78, 5) is 12.0. The van der Waals surface area contributed by atoms with Crippen LogP contribution in [0.2, 0.25) is 0 Å². The first-order valence-electron chi connectivity index (χ1n) is 6.13. The molecule has 2 aromatic rings. The summed E-state index contributed by atoms with van der Waals surface area (Å²) in [6.07, 6.45) is 1.58. The molecular formula is C15H18O2. The van der Waals surface area contributed by atoms with E-state index in [0.29, 0.717) is 18.1 Å². The first-order chi connectivity index (χ1) is 8.10. The van der Waals surface area contributed by atoms with E-state index in [1.54, 1.807) is 0 Å². The number of ketones is 1. The van der Waals surface area contributed by atoms with Crippen molar-refractivity contribution in [1.82, 2.24) is 0 Å². The van der Waals surface area contributed by atoms with Gasteiger partial charge in [0.25, 0.3) is 0 Å². The second-order valence-electron chi connectivity index (χ2n) is 4.79. The van der Waals surface area contributed by atoms with Crippen LogP contribution >= 0.6 is 0 Å². The van der Waals surface area contributed by atoms with Crippen molar-refractivity contribution in [2.75, 3.05) is 0 Å². The van der Waals surface area contributed by atoms with E-state index in [9.17, 15) is 4.79 Å². The molecule has 0 saturated heterocycles. The average Bonchev–Trinajstić information content (AvgIpc) is 2.71. The lowest BCUT2D eigenvalue weighted by Gasteiger charge is -2.04. The maximum Gasteiger partial charge on any atom is 0.198 e. The summed E-state index contributed by atoms with van der Waals surface area (Å²) in [6, 6.07) is 7.81. The van der Waals surface area contributed by atoms with Crippen LogP contribution in [0, 0.1) is 12.8 Å². The number of Topliss-reactive ketones (excluding diaryl/α,β-unsaturated/α-hetero) is 1. The summed E-state index contributed by atoms with van der Waals surface area (Å²) < 4.78 is 5.58. The third kappa shape index (κ3) is 2.57. The van der Waals surface area contributed by atoms with E-state index in [1.807, 2.05) is 31.2 Å². The second-order valence-corrected chi connectivity index (χ2v) is 4.79. The summed E-state index contributed by atoms with van der Waals surface area (Å²) in [5.74, 6) is 1.01. The molecule has 90 valence electrons. The highest BCUT2D eigenvalue weighted by Gasteiger charge is 2.14. The first kappa shape index (κ1) is 11.9. The van der Waals surface area contributed by atoms with Gasteiger partial charge in [-0.3, -0.25) is 4.79 Å². The number of aryl methyl sites for hydroxylation is 1. The quantitative estimate of drug-likeness (QED) is 0.730. The highest BCUT2D eigenvalue weighted by atomic mass is 16.3. The molecule has 2 heteroatoms. The topological polar surface area (TPSA) is 30.2 Å². The predicted octanol–water partition coefficient (Wildman–Crippen LogP) is 4.36. The Morgan fingerprint density at radius 3 is 2.82 bits per heavy atom. The zero-order valence-electron chi connectivity index (χ0n) is 10.6. The second kappa shape index (κ2) is 4.74. The van der Waals surface area contributed by atoms with Crippen LogP contribution in [-0.4, -0.2) is 5.78 Å². The molecule has 2 nitrogen and oxygen atoms in total. The van der Waals surface area contributed by atoms with Gasteiger partial charge in [0.2, 0.25) is 0 Å². The predicted molar refractivity (Wildman–Crippen MR) is 69.4 cm³/mol. The Kier molecular flexibility index (Phi) is 3.32. The highest BCUT2D eigenvalue weighted by molar-refractivity contribution is 5.97. The molecule has 1 unspecified atom stereocenters. The maximum atomic E-state index is 12.0. The van der Waals surface area contributed by atoms with Gasteiger partial charge in [-0.15, -0.1) is 0 Å². The molecule has 0 N–H and O–H groups in total. The van der Waals surface area contributed by atoms with Gasteiger partial charge in [-0.2, -0.15) is 0 Å². The Balaban J connectivity index is 2.27. The minimum Gasteiger partial charge on any atom is -0.453 e. The zero-order chi connectivity index (χ0) is 12.4. The molecule has 1 heterocycles. The Hall–Kier alpha value is -1.57. The number of furan rings is 1. The fraction of sp³-hybridized carbons (Fsp3) is 0.400. The summed E-state index contributed by atoms with van der Waals surface area (Å²) in [5.41, 5.74) is 1.97. The molecule has 0 fully saturated rings. The summed E-state index contributed by atoms with van der Waals surface area (Å²) in [6.45, 7) is 6.22. The van der Waals surface area contributed by atoms with Gasteiger partial charge in [0.15, 0.2) is 11.5 Å². The average molecular weight is 230 g/mol. The molecule has 0 radical (unpaired) electrons. The molecular weight excluding hydrogens is 212 g/mol. The van der Waals surface area contributed by atoms with Gasteiger partial charge in [0, 0.05) is 11.8 Å². The van der Waals surface area contributed by atoms with Crippen molar-refractivity contribution in [3.05, 3.63) is 35.6 Å². The Labute approximate surface area is 102 Å². The number of carbonyl (C=O) groups excluding carboxylic acids is 1. The molecule has 0 aliphatic rings. The molecule has 0 amide bonds. The smallest absolute Gasteiger partial charge is 0.198 e. The van der Waals surface area contributed by atoms with Crippen molar-refractivity contribution >= 4 is 16.8 Å². The molecule has 0 aliphatic carbocycles. The van der Waals surface area contributed by atoms with Crippen molar-refractivity contribution < 1.29 is 9.21 Å². The monoisotopic (exact) mass is 230 g/mol. The van der Waals surface area contributed by atoms with E-state index in [-0.39, 0.29) is 5.78 Å². The first-order valence-corrected chi connectivity index (χ1v) is 6.13. The van der Waals surface area contributed by atoms with Crippen LogP contribution in [0.4, 0.5) is 0 Å². The van der Waals surface area contributed by atoms with Crippen LogP contribution in [0.3, 0.4) is 0 Å². The van der Waals surface area contributed by atoms with E-state index < -0.39 is 0 Å². The van der Waals surface area contributed by atoms with E-state index in [4.69, 9.17) is 4.42 Å².